The highest BCUT2D eigenvalue weighted by Gasteiger charge is 2.30. The zero-order valence-corrected chi connectivity index (χ0v) is 14.7. The van der Waals surface area contributed by atoms with E-state index in [0.29, 0.717) is 5.92 Å². The van der Waals surface area contributed by atoms with Crippen molar-refractivity contribution in [3.05, 3.63) is 29.3 Å². The van der Waals surface area contributed by atoms with E-state index < -0.39 is 20.7 Å². The first kappa shape index (κ1) is 17.8. The molecule has 0 spiro atoms. The zero-order chi connectivity index (χ0) is 17.3. The molecule has 6 heteroatoms. The minimum absolute atomic E-state index is 0.0147. The van der Waals surface area contributed by atoms with Crippen molar-refractivity contribution in [2.24, 2.45) is 0 Å². The van der Waals surface area contributed by atoms with Crippen LogP contribution >= 0.6 is 0 Å². The van der Waals surface area contributed by atoms with Gasteiger partial charge in [0.2, 0.25) is 10.0 Å². The van der Waals surface area contributed by atoms with Crippen LogP contribution in [0.25, 0.3) is 0 Å². The lowest BCUT2D eigenvalue weighted by molar-refractivity contribution is 0.0698. The summed E-state index contributed by atoms with van der Waals surface area (Å²) in [5, 5.41) is 9.45. The Labute approximate surface area is 138 Å². The highest BCUT2D eigenvalue weighted by molar-refractivity contribution is 7.94. The predicted molar refractivity (Wildman–Crippen MR) is 91.5 cm³/mol. The molecule has 0 aliphatic heterocycles. The van der Waals surface area contributed by atoms with Gasteiger partial charge in [0.1, 0.15) is 0 Å². The van der Waals surface area contributed by atoms with Crippen LogP contribution in [0.3, 0.4) is 0 Å². The van der Waals surface area contributed by atoms with E-state index >= 15 is 0 Å². The Morgan fingerprint density at radius 2 is 1.78 bits per heavy atom. The second kappa shape index (κ2) is 6.51. The molecule has 0 bridgehead atoms. The number of carboxylic acid groups (broad SMARTS) is 1. The molecule has 0 radical (unpaired) electrons. The number of anilines is 1. The summed E-state index contributed by atoms with van der Waals surface area (Å²) >= 11 is 0. The molecule has 1 fully saturated rings. The van der Waals surface area contributed by atoms with Crippen LogP contribution in [-0.2, 0) is 10.0 Å². The van der Waals surface area contributed by atoms with Gasteiger partial charge in [-0.1, -0.05) is 25.3 Å². The monoisotopic (exact) mass is 339 g/mol. The fourth-order valence-electron chi connectivity index (χ4n) is 2.82. The summed E-state index contributed by atoms with van der Waals surface area (Å²) in [7, 11) is -3.66. The second-order valence-electron chi connectivity index (χ2n) is 7.16. The number of hydrogen-bond acceptors (Lipinski definition) is 3. The lowest BCUT2D eigenvalue weighted by Gasteiger charge is -2.24. The SMILES string of the molecule is CC(C)(C)S(=O)(=O)Nc1ccc(C2CCCCC2)cc1C(=O)O. The highest BCUT2D eigenvalue weighted by Crippen LogP contribution is 2.34. The Hall–Kier alpha value is -1.56. The van der Waals surface area contributed by atoms with Crippen molar-refractivity contribution in [2.75, 3.05) is 4.72 Å². The predicted octanol–water partition coefficient (Wildman–Crippen LogP) is 3.97. The number of benzene rings is 1. The Morgan fingerprint density at radius 3 is 2.30 bits per heavy atom. The minimum Gasteiger partial charge on any atom is -0.478 e. The van der Waals surface area contributed by atoms with Crippen LogP contribution in [0.1, 0.15) is 74.7 Å². The largest absolute Gasteiger partial charge is 0.478 e. The highest BCUT2D eigenvalue weighted by atomic mass is 32.2. The molecule has 1 aromatic rings. The van der Waals surface area contributed by atoms with Crippen molar-refractivity contribution < 1.29 is 18.3 Å². The van der Waals surface area contributed by atoms with Crippen LogP contribution in [-0.4, -0.2) is 24.2 Å². The van der Waals surface area contributed by atoms with E-state index in [0.717, 1.165) is 31.2 Å². The molecule has 0 unspecified atom stereocenters. The number of carboxylic acids is 1. The Kier molecular flexibility index (Phi) is 5.04. The molecule has 0 aromatic heterocycles. The van der Waals surface area contributed by atoms with E-state index in [-0.39, 0.29) is 11.3 Å². The minimum atomic E-state index is -3.66. The maximum atomic E-state index is 12.3. The molecule has 0 amide bonds. The normalized spacial score (nSPS) is 17.0. The molecule has 0 heterocycles. The van der Waals surface area contributed by atoms with Gasteiger partial charge in [-0.25, -0.2) is 13.2 Å². The van der Waals surface area contributed by atoms with Gasteiger partial charge < -0.3 is 5.11 Å². The van der Waals surface area contributed by atoms with Gasteiger partial charge in [-0.05, 0) is 57.2 Å². The molecule has 23 heavy (non-hydrogen) atoms. The molecule has 1 aliphatic rings. The number of carbonyl (C=O) groups is 1. The van der Waals surface area contributed by atoms with Gasteiger partial charge in [0, 0.05) is 0 Å². The van der Waals surface area contributed by atoms with E-state index in [4.69, 9.17) is 0 Å². The summed E-state index contributed by atoms with van der Waals surface area (Å²) in [6.45, 7) is 4.73. The first-order chi connectivity index (χ1) is 10.6. The summed E-state index contributed by atoms with van der Waals surface area (Å²) in [4.78, 5) is 11.6. The van der Waals surface area contributed by atoms with Crippen molar-refractivity contribution in [3.63, 3.8) is 0 Å². The second-order valence-corrected chi connectivity index (χ2v) is 9.60. The fourth-order valence-corrected chi connectivity index (χ4v) is 3.59. The molecular formula is C17H25NO4S. The van der Waals surface area contributed by atoms with Crippen molar-refractivity contribution in [3.8, 4) is 0 Å². The Bertz CT molecular complexity index is 683. The lowest BCUT2D eigenvalue weighted by Crippen LogP contribution is -2.34. The molecule has 2 rings (SSSR count). The Balaban J connectivity index is 2.36. The van der Waals surface area contributed by atoms with E-state index in [2.05, 4.69) is 4.72 Å². The van der Waals surface area contributed by atoms with Crippen LogP contribution in [0.4, 0.5) is 5.69 Å². The third kappa shape index (κ3) is 4.05. The maximum absolute atomic E-state index is 12.3. The number of hydrogen-bond donors (Lipinski definition) is 2. The maximum Gasteiger partial charge on any atom is 0.337 e. The van der Waals surface area contributed by atoms with Crippen LogP contribution < -0.4 is 4.72 Å². The summed E-state index contributed by atoms with van der Waals surface area (Å²) in [6.07, 6.45) is 5.67. The number of rotatable bonds is 4. The first-order valence-corrected chi connectivity index (χ1v) is 9.50. The van der Waals surface area contributed by atoms with Crippen molar-refractivity contribution >= 4 is 21.7 Å². The number of aromatic carboxylic acids is 1. The Morgan fingerprint density at radius 1 is 1.17 bits per heavy atom. The van der Waals surface area contributed by atoms with Crippen molar-refractivity contribution in [1.82, 2.24) is 0 Å². The summed E-state index contributed by atoms with van der Waals surface area (Å²) < 4.78 is 26.0. The van der Waals surface area contributed by atoms with Crippen molar-refractivity contribution in [2.45, 2.75) is 63.5 Å². The molecule has 1 aromatic carbocycles. The smallest absolute Gasteiger partial charge is 0.337 e. The average Bonchev–Trinajstić information content (AvgIpc) is 2.46. The van der Waals surface area contributed by atoms with Gasteiger partial charge in [0.05, 0.1) is 16.0 Å². The summed E-state index contributed by atoms with van der Waals surface area (Å²) in [5.41, 5.74) is 1.13. The molecule has 1 saturated carbocycles. The van der Waals surface area contributed by atoms with E-state index in [9.17, 15) is 18.3 Å². The van der Waals surface area contributed by atoms with Crippen LogP contribution in [0.2, 0.25) is 0 Å². The molecular weight excluding hydrogens is 314 g/mol. The van der Waals surface area contributed by atoms with Gasteiger partial charge in [-0.2, -0.15) is 0 Å². The van der Waals surface area contributed by atoms with E-state index in [1.165, 1.54) is 6.42 Å². The van der Waals surface area contributed by atoms with Crippen LogP contribution in [0.5, 0.6) is 0 Å². The zero-order valence-electron chi connectivity index (χ0n) is 13.9. The number of nitrogens with one attached hydrogen (secondary N) is 1. The van der Waals surface area contributed by atoms with Crippen LogP contribution in [0.15, 0.2) is 18.2 Å². The fraction of sp³-hybridized carbons (Fsp3) is 0.588. The van der Waals surface area contributed by atoms with Gasteiger partial charge in [0.15, 0.2) is 0 Å². The van der Waals surface area contributed by atoms with Crippen molar-refractivity contribution in [1.29, 1.82) is 0 Å². The standard InChI is InChI=1S/C17H25NO4S/c1-17(2,3)23(21,22)18-15-10-9-13(11-14(15)16(19)20)12-7-5-4-6-8-12/h9-12,18H,4-8H2,1-3H3,(H,19,20). The molecule has 128 valence electrons. The van der Waals surface area contributed by atoms with Gasteiger partial charge in [-0.15, -0.1) is 0 Å². The third-order valence-electron chi connectivity index (χ3n) is 4.40. The third-order valence-corrected chi connectivity index (χ3v) is 6.50. The average molecular weight is 339 g/mol. The van der Waals surface area contributed by atoms with Gasteiger partial charge >= 0.3 is 5.97 Å². The van der Waals surface area contributed by atoms with Gasteiger partial charge in [-0.3, -0.25) is 4.72 Å². The molecule has 1 aliphatic carbocycles. The summed E-state index contributed by atoms with van der Waals surface area (Å²) in [5.74, 6) is -0.746. The topological polar surface area (TPSA) is 83.5 Å². The van der Waals surface area contributed by atoms with E-state index in [1.807, 2.05) is 6.07 Å². The van der Waals surface area contributed by atoms with E-state index in [1.54, 1.807) is 32.9 Å². The van der Waals surface area contributed by atoms with Crippen LogP contribution in [0, 0.1) is 0 Å². The first-order valence-electron chi connectivity index (χ1n) is 8.01. The molecule has 0 saturated heterocycles. The molecule has 2 N–H and O–H groups in total. The lowest BCUT2D eigenvalue weighted by atomic mass is 9.83. The summed E-state index contributed by atoms with van der Waals surface area (Å²) in [6, 6.07) is 5.05. The molecule has 5 nitrogen and oxygen atoms in total. The number of sulfonamides is 1. The van der Waals surface area contributed by atoms with Gasteiger partial charge in [0.25, 0.3) is 0 Å². The quantitative estimate of drug-likeness (QED) is 0.869. The molecule has 0 atom stereocenters.